The van der Waals surface area contributed by atoms with Crippen molar-refractivity contribution in [3.05, 3.63) is 11.8 Å². The minimum Gasteiger partial charge on any atom is -0.858 e. The first-order valence-electron chi connectivity index (χ1n) is 5.27. The molecule has 0 bridgehead atoms. The molecule has 92 valence electrons. The van der Waals surface area contributed by atoms with Crippen molar-refractivity contribution in [2.75, 3.05) is 18.5 Å². The molecule has 2 rings (SSSR count). The molecule has 0 radical (unpaired) electrons. The Kier molecular flexibility index (Phi) is 9.17. The molecular weight excluding hydrogens is 272 g/mol. The Morgan fingerprint density at radius 1 is 1.53 bits per heavy atom. The fourth-order valence-corrected chi connectivity index (χ4v) is 1.60. The number of hydrogen-bond donors (Lipinski definition) is 1. The molecule has 0 spiro atoms. The van der Waals surface area contributed by atoms with Gasteiger partial charge in [-0.15, -0.1) is 0 Å². The largest absolute Gasteiger partial charge is 1.00 e. The minimum absolute atomic E-state index is 0. The number of anilines is 1. The molecule has 1 aliphatic heterocycles. The van der Waals surface area contributed by atoms with Crippen LogP contribution < -0.4 is 74.6 Å². The third-order valence-electron chi connectivity index (χ3n) is 2.49. The van der Waals surface area contributed by atoms with E-state index < -0.39 is 17.4 Å². The predicted molar refractivity (Wildman–Crippen MR) is 53.3 cm³/mol. The van der Waals surface area contributed by atoms with Crippen LogP contribution in [0.1, 0.15) is 23.2 Å². The summed E-state index contributed by atoms with van der Waals surface area (Å²) < 4.78 is 5.37. The molecule has 7 nitrogen and oxygen atoms in total. The molecule has 1 unspecified atom stereocenters. The van der Waals surface area contributed by atoms with Crippen LogP contribution in [0, 0.1) is 0 Å². The van der Waals surface area contributed by atoms with Crippen LogP contribution in [-0.4, -0.2) is 35.2 Å². The van der Waals surface area contributed by atoms with Gasteiger partial charge in [0.1, 0.15) is 0 Å². The van der Waals surface area contributed by atoms with Crippen LogP contribution in [0.4, 0.5) is 5.95 Å². The molecule has 0 aromatic carbocycles. The molecular formula is C10H11N3Na2O4. The van der Waals surface area contributed by atoms with Gasteiger partial charge in [-0.2, -0.15) is 0 Å². The summed E-state index contributed by atoms with van der Waals surface area (Å²) >= 11 is 0. The first-order valence-corrected chi connectivity index (χ1v) is 5.27. The van der Waals surface area contributed by atoms with E-state index in [4.69, 9.17) is 4.74 Å². The van der Waals surface area contributed by atoms with Crippen molar-refractivity contribution in [1.82, 2.24) is 9.97 Å². The summed E-state index contributed by atoms with van der Waals surface area (Å²) in [5.41, 5.74) is -0.535. The van der Waals surface area contributed by atoms with Crippen LogP contribution in [0.15, 0.2) is 6.20 Å². The summed E-state index contributed by atoms with van der Waals surface area (Å²) in [4.78, 5) is 17.7. The van der Waals surface area contributed by atoms with E-state index in [1.807, 2.05) is 0 Å². The molecule has 0 aliphatic carbocycles. The number of carboxylic acid groups (broad SMARTS) is 1. The van der Waals surface area contributed by atoms with Crippen molar-refractivity contribution >= 4 is 11.9 Å². The number of hydrogen-bond acceptors (Lipinski definition) is 7. The van der Waals surface area contributed by atoms with E-state index in [9.17, 15) is 15.0 Å². The summed E-state index contributed by atoms with van der Waals surface area (Å²) in [5, 5.41) is 24.5. The maximum absolute atomic E-state index is 11.2. The fraction of sp³-hybridized carbons (Fsp3) is 0.500. The van der Waals surface area contributed by atoms with Crippen LogP contribution in [0.2, 0.25) is 0 Å². The monoisotopic (exact) mass is 283 g/mol. The van der Waals surface area contributed by atoms with Crippen molar-refractivity contribution in [3.8, 4) is 5.88 Å². The molecule has 1 atom stereocenters. The summed E-state index contributed by atoms with van der Waals surface area (Å²) in [7, 11) is 0. The van der Waals surface area contributed by atoms with Gasteiger partial charge in [0, 0.05) is 30.8 Å². The number of carbonyl (C=O) groups excluding carboxylic acids is 1. The SMILES string of the molecule is O=C([O-])c1cnc(NCC2CCCO2)nc1[O-].[Na+].[Na+]. The van der Waals surface area contributed by atoms with E-state index in [0.29, 0.717) is 6.54 Å². The average Bonchev–Trinajstić information content (AvgIpc) is 2.78. The van der Waals surface area contributed by atoms with Crippen LogP contribution in [0.5, 0.6) is 5.88 Å². The molecule has 1 aromatic rings. The molecule has 9 heteroatoms. The number of rotatable bonds is 4. The first-order chi connectivity index (χ1) is 8.16. The normalized spacial score (nSPS) is 17.2. The number of carbonyl (C=O) groups is 1. The topological polar surface area (TPSA) is 110 Å². The van der Waals surface area contributed by atoms with Gasteiger partial charge in [0.25, 0.3) is 0 Å². The molecule has 1 aliphatic rings. The number of aromatic nitrogens is 2. The van der Waals surface area contributed by atoms with E-state index in [-0.39, 0.29) is 71.2 Å². The van der Waals surface area contributed by atoms with Gasteiger partial charge in [0.15, 0.2) is 0 Å². The van der Waals surface area contributed by atoms with E-state index in [1.165, 1.54) is 0 Å². The predicted octanol–water partition coefficient (Wildman–Crippen LogP) is -7.49. The summed E-state index contributed by atoms with van der Waals surface area (Å²) in [6, 6.07) is 0. The zero-order chi connectivity index (χ0) is 12.3. The molecule has 1 aromatic heterocycles. The molecule has 19 heavy (non-hydrogen) atoms. The second-order valence-corrected chi connectivity index (χ2v) is 3.72. The van der Waals surface area contributed by atoms with E-state index in [1.54, 1.807) is 0 Å². The van der Waals surface area contributed by atoms with Gasteiger partial charge in [0.05, 0.1) is 12.1 Å². The summed E-state index contributed by atoms with van der Waals surface area (Å²) in [5.74, 6) is -2.31. The molecule has 0 amide bonds. The van der Waals surface area contributed by atoms with Crippen LogP contribution in [0.25, 0.3) is 0 Å². The summed E-state index contributed by atoms with van der Waals surface area (Å²) in [6.07, 6.45) is 3.01. The summed E-state index contributed by atoms with van der Waals surface area (Å²) in [6.45, 7) is 1.24. The zero-order valence-corrected chi connectivity index (χ0v) is 15.0. The number of nitrogens with zero attached hydrogens (tertiary/aromatic N) is 2. The number of ether oxygens (including phenoxy) is 1. The van der Waals surface area contributed by atoms with E-state index in [0.717, 1.165) is 25.6 Å². The van der Waals surface area contributed by atoms with Gasteiger partial charge in [0.2, 0.25) is 5.95 Å². The fourth-order valence-electron chi connectivity index (χ4n) is 1.60. The van der Waals surface area contributed by atoms with Gasteiger partial charge in [-0.05, 0) is 12.8 Å². The maximum Gasteiger partial charge on any atom is 1.00 e. The zero-order valence-electron chi connectivity index (χ0n) is 11.0. The number of nitrogens with one attached hydrogen (secondary N) is 1. The smallest absolute Gasteiger partial charge is 0.858 e. The van der Waals surface area contributed by atoms with Gasteiger partial charge >= 0.3 is 59.1 Å². The standard InChI is InChI=1S/C10H13N3O4.2Na/c14-8-7(9(15)16)5-12-10(13-8)11-4-6-2-1-3-17-6;;/h5-6H,1-4H2,(H,15,16)(H2,11,12,13,14);;/q;2*+1/p-2. The third kappa shape index (κ3) is 5.55. The average molecular weight is 283 g/mol. The van der Waals surface area contributed by atoms with Crippen molar-refractivity contribution in [2.24, 2.45) is 0 Å². The Morgan fingerprint density at radius 3 is 2.79 bits per heavy atom. The molecule has 0 saturated carbocycles. The van der Waals surface area contributed by atoms with Gasteiger partial charge in [-0.3, -0.25) is 0 Å². The molecule has 1 fully saturated rings. The second-order valence-electron chi connectivity index (χ2n) is 3.72. The Balaban J connectivity index is 0.00000162. The van der Waals surface area contributed by atoms with Crippen LogP contribution in [-0.2, 0) is 4.74 Å². The van der Waals surface area contributed by atoms with Crippen molar-refractivity contribution in [2.45, 2.75) is 18.9 Å². The van der Waals surface area contributed by atoms with E-state index >= 15 is 0 Å². The molecule has 2 heterocycles. The van der Waals surface area contributed by atoms with Gasteiger partial charge < -0.3 is 25.1 Å². The Bertz CT molecular complexity index is 427. The Hall–Kier alpha value is 0.110. The number of carboxylic acids is 1. The molecule has 1 N–H and O–H groups in total. The quantitative estimate of drug-likeness (QED) is 0.546. The van der Waals surface area contributed by atoms with E-state index in [2.05, 4.69) is 15.3 Å². The van der Waals surface area contributed by atoms with Crippen molar-refractivity contribution in [3.63, 3.8) is 0 Å². The third-order valence-corrected chi connectivity index (χ3v) is 2.49. The van der Waals surface area contributed by atoms with Crippen LogP contribution in [0.3, 0.4) is 0 Å². The van der Waals surface area contributed by atoms with Gasteiger partial charge in [-0.25, -0.2) is 9.97 Å². The van der Waals surface area contributed by atoms with Crippen molar-refractivity contribution < 1.29 is 78.9 Å². The number of aromatic carboxylic acids is 1. The molecule has 1 saturated heterocycles. The van der Waals surface area contributed by atoms with Crippen LogP contribution >= 0.6 is 0 Å². The minimum atomic E-state index is -1.57. The van der Waals surface area contributed by atoms with Crippen molar-refractivity contribution in [1.29, 1.82) is 0 Å². The Labute approximate surface area is 154 Å². The Morgan fingerprint density at radius 2 is 2.26 bits per heavy atom. The maximum atomic E-state index is 11.2. The first kappa shape index (κ1) is 19.1. The van der Waals surface area contributed by atoms with Gasteiger partial charge in [-0.1, -0.05) is 0 Å². The second kappa shape index (κ2) is 9.12.